The van der Waals surface area contributed by atoms with Crippen LogP contribution in [0.4, 0.5) is 4.79 Å². The fourth-order valence-corrected chi connectivity index (χ4v) is 5.69. The van der Waals surface area contributed by atoms with Gasteiger partial charge in [-0.3, -0.25) is 19.6 Å². The molecule has 2 aliphatic rings. The maximum Gasteiger partial charge on any atom is 0.325 e. The molecule has 0 bridgehead atoms. The number of nitrogens with one attached hydrogen (secondary N) is 1. The van der Waals surface area contributed by atoms with Gasteiger partial charge in [0.2, 0.25) is 0 Å². The summed E-state index contributed by atoms with van der Waals surface area (Å²) in [5, 5.41) is 6.27. The summed E-state index contributed by atoms with van der Waals surface area (Å²) < 4.78 is 0. The number of hydrogen-bond donors (Lipinski definition) is 1. The van der Waals surface area contributed by atoms with Crippen LogP contribution in [-0.2, 0) is 24.3 Å². The first kappa shape index (κ1) is 21.7. The van der Waals surface area contributed by atoms with Crippen molar-refractivity contribution in [3.63, 3.8) is 0 Å². The molecule has 0 spiro atoms. The molecule has 2 fully saturated rings. The molecule has 1 atom stereocenters. The number of likely N-dealkylation sites (tertiary alicyclic amines) is 1. The first-order chi connectivity index (χ1) is 16.1. The third-order valence-corrected chi connectivity index (χ3v) is 7.48. The Labute approximate surface area is 197 Å². The fourth-order valence-electron chi connectivity index (χ4n) is 5.03. The molecule has 0 aliphatic carbocycles. The van der Waals surface area contributed by atoms with Gasteiger partial charge >= 0.3 is 6.03 Å². The van der Waals surface area contributed by atoms with Gasteiger partial charge in [-0.2, -0.15) is 0 Å². The highest BCUT2D eigenvalue weighted by Gasteiger charge is 2.55. The van der Waals surface area contributed by atoms with Crippen LogP contribution in [0.15, 0.2) is 66.4 Å². The van der Waals surface area contributed by atoms with Gasteiger partial charge in [-0.25, -0.2) is 9.78 Å². The number of benzene rings is 1. The molecule has 1 unspecified atom stereocenters. The maximum atomic E-state index is 13.9. The number of imide groups is 1. The normalized spacial score (nSPS) is 22.0. The number of thiazole rings is 1. The molecule has 7 nitrogen and oxygen atoms in total. The van der Waals surface area contributed by atoms with Gasteiger partial charge < -0.3 is 5.32 Å². The van der Waals surface area contributed by atoms with Gasteiger partial charge in [0.15, 0.2) is 0 Å². The number of piperidine rings is 1. The number of urea groups is 1. The summed E-state index contributed by atoms with van der Waals surface area (Å²) in [5.74, 6) is -0.0563. The summed E-state index contributed by atoms with van der Waals surface area (Å²) in [6, 6.07) is 13.4. The molecule has 0 saturated carbocycles. The Kier molecular flexibility index (Phi) is 6.20. The largest absolute Gasteiger partial charge is 0.325 e. The molecular formula is C25H27N5O2S. The number of aromatic nitrogens is 2. The molecule has 2 aromatic heterocycles. The van der Waals surface area contributed by atoms with Crippen LogP contribution in [0.5, 0.6) is 0 Å². The number of carbonyl (C=O) groups excluding carboxylic acids is 2. The van der Waals surface area contributed by atoms with Crippen molar-refractivity contribution in [1.82, 2.24) is 25.1 Å². The van der Waals surface area contributed by atoms with Crippen molar-refractivity contribution in [1.29, 1.82) is 0 Å². The first-order valence-electron chi connectivity index (χ1n) is 11.3. The Morgan fingerprint density at radius 1 is 1.00 bits per heavy atom. The molecule has 0 radical (unpaired) electrons. The van der Waals surface area contributed by atoms with Crippen LogP contribution in [0.2, 0.25) is 0 Å². The van der Waals surface area contributed by atoms with Crippen LogP contribution in [0.25, 0.3) is 0 Å². The number of amides is 3. The van der Waals surface area contributed by atoms with E-state index in [1.54, 1.807) is 23.7 Å². The highest BCUT2D eigenvalue weighted by Crippen LogP contribution is 2.37. The van der Waals surface area contributed by atoms with Gasteiger partial charge in [0.05, 0.1) is 13.1 Å². The van der Waals surface area contributed by atoms with Crippen LogP contribution >= 0.6 is 11.3 Å². The minimum absolute atomic E-state index is 0.0700. The molecule has 5 rings (SSSR count). The Morgan fingerprint density at radius 2 is 1.79 bits per heavy atom. The number of rotatable bonds is 7. The summed E-state index contributed by atoms with van der Waals surface area (Å²) >= 11 is 1.67. The summed E-state index contributed by atoms with van der Waals surface area (Å²) in [7, 11) is 0. The summed E-state index contributed by atoms with van der Waals surface area (Å²) in [4.78, 5) is 39.2. The van der Waals surface area contributed by atoms with Crippen molar-refractivity contribution < 1.29 is 9.59 Å². The molecule has 2 aliphatic heterocycles. The van der Waals surface area contributed by atoms with Crippen LogP contribution < -0.4 is 5.32 Å². The van der Waals surface area contributed by atoms with Crippen LogP contribution in [0.1, 0.15) is 29.0 Å². The van der Waals surface area contributed by atoms with Crippen LogP contribution in [0.3, 0.4) is 0 Å². The van der Waals surface area contributed by atoms with Crippen molar-refractivity contribution >= 4 is 23.3 Å². The second kappa shape index (κ2) is 9.41. The smallest absolute Gasteiger partial charge is 0.322 e. The molecule has 3 aromatic rings. The zero-order valence-electron chi connectivity index (χ0n) is 18.4. The molecule has 4 heterocycles. The van der Waals surface area contributed by atoms with Gasteiger partial charge in [-0.15, -0.1) is 11.3 Å². The van der Waals surface area contributed by atoms with E-state index in [2.05, 4.69) is 20.2 Å². The minimum Gasteiger partial charge on any atom is -0.322 e. The lowest BCUT2D eigenvalue weighted by atomic mass is 9.74. The molecule has 1 aromatic carbocycles. The number of carbonyl (C=O) groups is 2. The van der Waals surface area contributed by atoms with Crippen LogP contribution in [-0.4, -0.2) is 50.3 Å². The second-order valence-corrected chi connectivity index (χ2v) is 9.77. The monoisotopic (exact) mass is 461 g/mol. The Hall–Kier alpha value is -3.10. The summed E-state index contributed by atoms with van der Waals surface area (Å²) in [5.41, 5.74) is 0.975. The SMILES string of the molecule is O=C1NC(Cc2ccccc2)(C2CCN(Cc3nccs3)CC2)C(=O)N1Cc1cccnc1. The number of nitrogens with zero attached hydrogens (tertiary/aromatic N) is 4. The zero-order valence-corrected chi connectivity index (χ0v) is 19.2. The zero-order chi connectivity index (χ0) is 22.7. The van der Waals surface area contributed by atoms with Crippen molar-refractivity contribution in [2.75, 3.05) is 13.1 Å². The Bertz CT molecular complexity index is 1080. The van der Waals surface area contributed by atoms with Crippen molar-refractivity contribution in [3.05, 3.63) is 82.6 Å². The first-order valence-corrected chi connectivity index (χ1v) is 12.2. The predicted molar refractivity (Wildman–Crippen MR) is 126 cm³/mol. The highest BCUT2D eigenvalue weighted by atomic mass is 32.1. The minimum atomic E-state index is -0.923. The van der Waals surface area contributed by atoms with E-state index in [1.165, 1.54) is 4.90 Å². The molecule has 170 valence electrons. The summed E-state index contributed by atoms with van der Waals surface area (Å²) in [6.45, 7) is 2.83. The predicted octanol–water partition coefficient (Wildman–Crippen LogP) is 3.48. The van der Waals surface area contributed by atoms with Gasteiger partial charge in [0.1, 0.15) is 10.5 Å². The van der Waals surface area contributed by atoms with E-state index < -0.39 is 5.54 Å². The van der Waals surface area contributed by atoms with E-state index in [1.807, 2.05) is 54.0 Å². The Balaban J connectivity index is 1.37. The second-order valence-electron chi connectivity index (χ2n) is 8.79. The van der Waals surface area contributed by atoms with E-state index >= 15 is 0 Å². The van der Waals surface area contributed by atoms with Crippen molar-refractivity contribution in [2.24, 2.45) is 5.92 Å². The lowest BCUT2D eigenvalue weighted by Crippen LogP contribution is -2.57. The van der Waals surface area contributed by atoms with Gasteiger partial charge in [0.25, 0.3) is 5.91 Å². The van der Waals surface area contributed by atoms with Gasteiger partial charge in [-0.1, -0.05) is 36.4 Å². The quantitative estimate of drug-likeness (QED) is 0.545. The third-order valence-electron chi connectivity index (χ3n) is 6.72. The van der Waals surface area contributed by atoms with E-state index in [9.17, 15) is 9.59 Å². The maximum absolute atomic E-state index is 13.9. The topological polar surface area (TPSA) is 78.4 Å². The fraction of sp³-hybridized carbons (Fsp3) is 0.360. The number of pyridine rings is 1. The lowest BCUT2D eigenvalue weighted by molar-refractivity contribution is -0.134. The van der Waals surface area contributed by atoms with E-state index in [-0.39, 0.29) is 24.4 Å². The molecular weight excluding hydrogens is 434 g/mol. The molecule has 1 N–H and O–H groups in total. The third kappa shape index (κ3) is 4.54. The lowest BCUT2D eigenvalue weighted by Gasteiger charge is -2.41. The van der Waals surface area contributed by atoms with Crippen molar-refractivity contribution in [2.45, 2.75) is 37.9 Å². The van der Waals surface area contributed by atoms with E-state index in [4.69, 9.17) is 0 Å². The van der Waals surface area contributed by atoms with Crippen molar-refractivity contribution in [3.8, 4) is 0 Å². The highest BCUT2D eigenvalue weighted by molar-refractivity contribution is 7.09. The van der Waals surface area contributed by atoms with Crippen LogP contribution in [0, 0.1) is 5.92 Å². The number of hydrogen-bond acceptors (Lipinski definition) is 6. The summed E-state index contributed by atoms with van der Waals surface area (Å²) in [6.07, 6.45) is 7.43. The van der Waals surface area contributed by atoms with E-state index in [0.29, 0.717) is 6.42 Å². The Morgan fingerprint density at radius 3 is 2.48 bits per heavy atom. The van der Waals surface area contributed by atoms with Gasteiger partial charge in [-0.05, 0) is 49.0 Å². The molecule has 3 amide bonds. The van der Waals surface area contributed by atoms with E-state index in [0.717, 1.165) is 48.6 Å². The average Bonchev–Trinajstić information content (AvgIpc) is 3.44. The van der Waals surface area contributed by atoms with Gasteiger partial charge in [0, 0.05) is 30.4 Å². The molecule has 8 heteroatoms. The molecule has 2 saturated heterocycles. The molecule has 33 heavy (non-hydrogen) atoms. The standard InChI is InChI=1S/C25H27N5O2S/c31-23-25(15-19-5-2-1-3-6-19,28-24(32)30(23)17-20-7-4-10-26-16-20)21-8-12-29(13-9-21)18-22-27-11-14-33-22/h1-7,10-11,14,16,21H,8-9,12-13,15,17-18H2,(H,28,32). The average molecular weight is 462 g/mol.